The minimum Gasteiger partial charge on any atom is -0.480 e. The molecule has 3 fully saturated rings. The first-order valence-corrected chi connectivity index (χ1v) is 14.5. The number of alkyl halides is 7. The molecule has 47 heavy (non-hydrogen) atoms. The Morgan fingerprint density at radius 2 is 1.83 bits per heavy atom. The summed E-state index contributed by atoms with van der Waals surface area (Å²) in [6.45, 7) is -0.445. The van der Waals surface area contributed by atoms with E-state index in [1.165, 1.54) is 30.2 Å². The summed E-state index contributed by atoms with van der Waals surface area (Å²) < 4.78 is 106. The number of hydrogen-bond acceptors (Lipinski definition) is 8. The summed E-state index contributed by atoms with van der Waals surface area (Å²) >= 11 is 0. The first-order chi connectivity index (χ1) is 22.0. The van der Waals surface area contributed by atoms with Gasteiger partial charge in [-0.1, -0.05) is 0 Å². The first-order valence-electron chi connectivity index (χ1n) is 14.5. The molecule has 12 nitrogen and oxygen atoms in total. The number of rotatable bonds is 7. The molecule has 0 bridgehead atoms. The molecule has 0 aromatic carbocycles. The fourth-order valence-corrected chi connectivity index (χ4v) is 6.59. The lowest BCUT2D eigenvalue weighted by Gasteiger charge is -2.49. The van der Waals surface area contributed by atoms with Crippen LogP contribution in [0.5, 0.6) is 5.88 Å². The van der Waals surface area contributed by atoms with E-state index in [0.29, 0.717) is 21.7 Å². The first kappa shape index (κ1) is 32.5. The number of anilines is 1. The summed E-state index contributed by atoms with van der Waals surface area (Å²) in [7, 11) is 1.18. The average molecular weight is 675 g/mol. The molecule has 4 atom stereocenters. The molecule has 6 rings (SSSR count). The number of hydrogen-bond donors (Lipinski definition) is 3. The van der Waals surface area contributed by atoms with E-state index in [9.17, 15) is 41.0 Å². The van der Waals surface area contributed by atoms with Gasteiger partial charge in [0.05, 0.1) is 37.4 Å². The van der Waals surface area contributed by atoms with Crippen LogP contribution in [0.25, 0.3) is 16.8 Å². The van der Waals surface area contributed by atoms with Gasteiger partial charge >= 0.3 is 17.9 Å². The van der Waals surface area contributed by atoms with E-state index in [4.69, 9.17) is 10.5 Å². The minimum atomic E-state index is -4.63. The van der Waals surface area contributed by atoms with Gasteiger partial charge in [-0.2, -0.15) is 22.7 Å². The zero-order valence-electron chi connectivity index (χ0n) is 24.6. The number of aromatic nitrogens is 4. The molecule has 2 saturated heterocycles. The lowest BCUT2D eigenvalue weighted by Crippen LogP contribution is -2.68. The molecule has 1 aliphatic carbocycles. The Balaban J connectivity index is 1.32. The zero-order chi connectivity index (χ0) is 34.1. The molecular weight excluding hydrogens is 645 g/mol. The molecule has 3 aromatic heterocycles. The van der Waals surface area contributed by atoms with Gasteiger partial charge in [0.25, 0.3) is 11.8 Å². The quantitative estimate of drug-likeness (QED) is 0.319. The van der Waals surface area contributed by atoms with Gasteiger partial charge in [-0.25, -0.2) is 32.4 Å². The third-order valence-corrected chi connectivity index (χ3v) is 9.10. The Kier molecular flexibility index (Phi) is 7.87. The van der Waals surface area contributed by atoms with Gasteiger partial charge in [0.15, 0.2) is 5.82 Å². The number of fused-ring (bicyclic) bond motifs is 1. The number of ether oxygens (including phenoxy) is 1. The van der Waals surface area contributed by atoms with Crippen molar-refractivity contribution in [2.24, 2.45) is 5.92 Å². The van der Waals surface area contributed by atoms with Gasteiger partial charge in [-0.15, -0.1) is 0 Å². The lowest BCUT2D eigenvalue weighted by atomic mass is 9.70. The van der Waals surface area contributed by atoms with Crippen LogP contribution in [0.15, 0.2) is 24.7 Å². The molecule has 3 aromatic rings. The predicted octanol–water partition coefficient (Wildman–Crippen LogP) is 3.70. The van der Waals surface area contributed by atoms with Crippen LogP contribution in [-0.2, 0) is 6.54 Å². The molecule has 2 aliphatic heterocycles. The average Bonchev–Trinajstić information content (AvgIpc) is 3.54. The van der Waals surface area contributed by atoms with E-state index >= 15 is 4.39 Å². The Hall–Kier alpha value is -4.42. The highest BCUT2D eigenvalue weighted by Gasteiger charge is 2.75. The molecule has 0 spiro atoms. The van der Waals surface area contributed by atoms with Crippen LogP contribution in [0.4, 0.5) is 41.3 Å². The lowest BCUT2D eigenvalue weighted by molar-refractivity contribution is -0.323. The molecule has 2 amide bonds. The van der Waals surface area contributed by atoms with Crippen LogP contribution >= 0.6 is 0 Å². The maximum absolute atomic E-state index is 15.2. The van der Waals surface area contributed by atoms with Gasteiger partial charge in [0, 0.05) is 50.7 Å². The number of nitrogens with two attached hydrogens (primary N) is 1. The van der Waals surface area contributed by atoms with Crippen molar-refractivity contribution in [2.45, 2.75) is 61.8 Å². The number of piperidine rings is 1. The highest BCUT2D eigenvalue weighted by atomic mass is 19.3. The summed E-state index contributed by atoms with van der Waals surface area (Å²) in [6, 6.07) is -0.948. The van der Waals surface area contributed by atoms with Crippen LogP contribution in [0.2, 0.25) is 0 Å². The molecule has 3 aliphatic rings. The van der Waals surface area contributed by atoms with Crippen molar-refractivity contribution >= 4 is 23.3 Å². The smallest absolute Gasteiger partial charge is 0.407 e. The SMILES string of the molecule is COc1ncc(-c2cc(CN3CCC(F)(F)CC3)c3c(N)ncnn23)cc1C(=O)N[C@@H]1C(C2CC(F)(F)C2(F)F)N(C(=O)O)C[C@@H]1F. The van der Waals surface area contributed by atoms with E-state index in [2.05, 4.69) is 20.4 Å². The van der Waals surface area contributed by atoms with E-state index in [0.717, 1.165) is 0 Å². The number of nitrogens with one attached hydrogen (secondary N) is 1. The number of nitrogens with zero attached hydrogens (tertiary/aromatic N) is 6. The van der Waals surface area contributed by atoms with Gasteiger partial charge in [0.1, 0.15) is 23.6 Å². The zero-order valence-corrected chi connectivity index (χ0v) is 24.6. The third kappa shape index (κ3) is 5.53. The standard InChI is InChI=1S/C28H29F7N8O4/c1-47-24-15(23(44)40-19-17(29)11-42(25(45)46)21(19)16-8-27(32,33)28(16,34)35)6-13(9-37-24)18-7-14(20-22(36)38-12-39-43(18)20)10-41-4-2-26(30,31)3-5-41/h6-7,9,12,16-17,19,21H,2-5,8,10-11H2,1H3,(H,40,44)(H,45,46)(H2,36,38,39)/t16?,17-,19-,21?/m0/s1. The maximum atomic E-state index is 15.2. The summed E-state index contributed by atoms with van der Waals surface area (Å²) in [6.07, 6.45) is -3.54. The van der Waals surface area contributed by atoms with Crippen LogP contribution in [-0.4, -0.2) is 109 Å². The van der Waals surface area contributed by atoms with Gasteiger partial charge in [-0.05, 0) is 17.7 Å². The summed E-state index contributed by atoms with van der Waals surface area (Å²) in [4.78, 5) is 35.7. The number of likely N-dealkylation sites (tertiary alicyclic amines) is 2. The highest BCUT2D eigenvalue weighted by Crippen LogP contribution is 2.58. The number of halogens is 7. The predicted molar refractivity (Wildman–Crippen MR) is 149 cm³/mol. The number of methoxy groups -OCH3 is 1. The normalized spacial score (nSPS) is 26.6. The molecular formula is C28H29F7N8O4. The van der Waals surface area contributed by atoms with Gasteiger partial charge < -0.3 is 20.9 Å². The van der Waals surface area contributed by atoms with Crippen LogP contribution in [0.3, 0.4) is 0 Å². The molecule has 5 heterocycles. The summed E-state index contributed by atoms with van der Waals surface area (Å²) in [5.74, 6) is -15.3. The molecule has 4 N–H and O–H groups in total. The van der Waals surface area contributed by atoms with E-state index in [1.54, 1.807) is 6.07 Å². The topological polar surface area (TPSA) is 151 Å². The number of nitrogen functional groups attached to an aromatic ring is 1. The second-order valence-corrected chi connectivity index (χ2v) is 12.0. The Morgan fingerprint density at radius 1 is 1.13 bits per heavy atom. The van der Waals surface area contributed by atoms with Crippen molar-refractivity contribution in [3.63, 3.8) is 0 Å². The second kappa shape index (κ2) is 11.4. The Labute approximate surface area is 261 Å². The highest BCUT2D eigenvalue weighted by molar-refractivity contribution is 5.98. The Bertz CT molecular complexity index is 1710. The van der Waals surface area contributed by atoms with E-state index < -0.39 is 66.9 Å². The number of amides is 2. The number of carbonyl (C=O) groups excluding carboxylic acids is 1. The largest absolute Gasteiger partial charge is 0.480 e. The monoisotopic (exact) mass is 674 g/mol. The van der Waals surface area contributed by atoms with Crippen molar-refractivity contribution in [2.75, 3.05) is 32.5 Å². The van der Waals surface area contributed by atoms with Crippen LogP contribution in [0, 0.1) is 5.92 Å². The summed E-state index contributed by atoms with van der Waals surface area (Å²) in [5.41, 5.74) is 7.40. The van der Waals surface area contributed by atoms with Crippen molar-refractivity contribution in [1.82, 2.24) is 34.7 Å². The van der Waals surface area contributed by atoms with Crippen molar-refractivity contribution in [3.05, 3.63) is 35.8 Å². The number of carboxylic acid groups (broad SMARTS) is 1. The molecule has 1 saturated carbocycles. The second-order valence-electron chi connectivity index (χ2n) is 12.0. The van der Waals surface area contributed by atoms with Crippen LogP contribution < -0.4 is 15.8 Å². The van der Waals surface area contributed by atoms with Crippen LogP contribution in [0.1, 0.15) is 35.2 Å². The fourth-order valence-electron chi connectivity index (χ4n) is 6.59. The van der Waals surface area contributed by atoms with Gasteiger partial charge in [-0.3, -0.25) is 14.6 Å². The van der Waals surface area contributed by atoms with Gasteiger partial charge in [0.2, 0.25) is 5.88 Å². The fraction of sp³-hybridized carbons (Fsp3) is 0.536. The molecule has 19 heteroatoms. The molecule has 254 valence electrons. The number of pyridine rings is 1. The molecule has 2 unspecified atom stereocenters. The number of carbonyl (C=O) groups is 2. The van der Waals surface area contributed by atoms with Crippen molar-refractivity contribution in [1.29, 1.82) is 0 Å². The minimum absolute atomic E-state index is 0.0886. The summed E-state index contributed by atoms with van der Waals surface area (Å²) in [5, 5.41) is 16.0. The van der Waals surface area contributed by atoms with E-state index in [-0.39, 0.29) is 55.3 Å². The molecule has 0 radical (unpaired) electrons. The van der Waals surface area contributed by atoms with Crippen molar-refractivity contribution < 1.29 is 50.2 Å². The van der Waals surface area contributed by atoms with Crippen molar-refractivity contribution in [3.8, 4) is 17.1 Å². The Morgan fingerprint density at radius 3 is 2.45 bits per heavy atom. The van der Waals surface area contributed by atoms with E-state index in [1.807, 2.05) is 4.90 Å². The third-order valence-electron chi connectivity index (χ3n) is 9.10. The maximum Gasteiger partial charge on any atom is 0.407 e.